The molecule has 1 atom stereocenters. The Morgan fingerprint density at radius 1 is 0.351 bits per heavy atom. The first kappa shape index (κ1) is 54.4. The van der Waals surface area contributed by atoms with E-state index >= 15 is 0 Å². The number of hydrogen-bond donors (Lipinski definition) is 0. The number of carbonyl (C=O) groups is 3. The van der Waals surface area contributed by atoms with E-state index in [1.54, 1.807) is 0 Å². The summed E-state index contributed by atoms with van der Waals surface area (Å²) in [6, 6.07) is 0. The number of allylic oxidation sites excluding steroid dienone is 8. The number of rotatable bonds is 43. The maximum atomic E-state index is 12.7. The monoisotopic (exact) mass is 799 g/mol. The van der Waals surface area contributed by atoms with Crippen LogP contribution in [0.25, 0.3) is 0 Å². The van der Waals surface area contributed by atoms with Crippen molar-refractivity contribution in [3.05, 3.63) is 48.6 Å². The molecule has 0 saturated heterocycles. The maximum Gasteiger partial charge on any atom is 0.306 e. The SMILES string of the molecule is CCCCC/C=C\C/C=C\CCCCCCCC(=O)OC(COC(=O)CCCCCCCC)COC(=O)CCCCCCCCC/C=C\C/C=C\CCCCCC. The highest BCUT2D eigenvalue weighted by molar-refractivity contribution is 5.71. The molecule has 6 heteroatoms. The molecule has 0 rings (SSSR count). The second kappa shape index (κ2) is 46.1. The predicted octanol–water partition coefficient (Wildman–Crippen LogP) is 15.5. The Morgan fingerprint density at radius 2 is 0.632 bits per heavy atom. The van der Waals surface area contributed by atoms with Gasteiger partial charge in [0.2, 0.25) is 0 Å². The minimum Gasteiger partial charge on any atom is -0.462 e. The van der Waals surface area contributed by atoms with E-state index in [9.17, 15) is 14.4 Å². The van der Waals surface area contributed by atoms with E-state index in [1.807, 2.05) is 0 Å². The highest BCUT2D eigenvalue weighted by atomic mass is 16.6. The van der Waals surface area contributed by atoms with Crippen LogP contribution in [0.2, 0.25) is 0 Å². The average Bonchev–Trinajstić information content (AvgIpc) is 3.21. The number of carbonyl (C=O) groups excluding carboxylic acids is 3. The first-order valence-corrected chi connectivity index (χ1v) is 24.1. The predicted molar refractivity (Wildman–Crippen MR) is 242 cm³/mol. The Morgan fingerprint density at radius 3 is 1.02 bits per heavy atom. The van der Waals surface area contributed by atoms with Gasteiger partial charge in [-0.1, -0.05) is 185 Å². The summed E-state index contributed by atoms with van der Waals surface area (Å²) in [5.41, 5.74) is 0. The normalized spacial score (nSPS) is 12.4. The lowest BCUT2D eigenvalue weighted by Gasteiger charge is -2.18. The highest BCUT2D eigenvalue weighted by Gasteiger charge is 2.19. The van der Waals surface area contributed by atoms with E-state index in [2.05, 4.69) is 69.4 Å². The van der Waals surface area contributed by atoms with E-state index in [-0.39, 0.29) is 31.1 Å². The van der Waals surface area contributed by atoms with Gasteiger partial charge in [0.1, 0.15) is 13.2 Å². The van der Waals surface area contributed by atoms with Crippen LogP contribution in [0, 0.1) is 0 Å². The molecule has 0 aliphatic carbocycles. The molecule has 0 radical (unpaired) electrons. The molecule has 0 aliphatic rings. The first-order valence-electron chi connectivity index (χ1n) is 24.1. The number of ether oxygens (including phenoxy) is 3. The highest BCUT2D eigenvalue weighted by Crippen LogP contribution is 2.13. The van der Waals surface area contributed by atoms with Crippen LogP contribution < -0.4 is 0 Å². The van der Waals surface area contributed by atoms with Crippen molar-refractivity contribution in [3.8, 4) is 0 Å². The molecule has 0 fully saturated rings. The zero-order valence-corrected chi connectivity index (χ0v) is 37.6. The van der Waals surface area contributed by atoms with E-state index in [1.165, 1.54) is 103 Å². The Kier molecular flexibility index (Phi) is 43.9. The van der Waals surface area contributed by atoms with Gasteiger partial charge in [0.15, 0.2) is 6.10 Å². The van der Waals surface area contributed by atoms with Gasteiger partial charge in [0, 0.05) is 19.3 Å². The Labute approximate surface area is 352 Å². The van der Waals surface area contributed by atoms with Gasteiger partial charge in [-0.2, -0.15) is 0 Å². The Balaban J connectivity index is 4.27. The third kappa shape index (κ3) is 44.3. The van der Waals surface area contributed by atoms with Crippen molar-refractivity contribution in [2.24, 2.45) is 0 Å². The zero-order chi connectivity index (χ0) is 41.5. The van der Waals surface area contributed by atoms with E-state index in [0.717, 1.165) is 96.3 Å². The molecule has 0 bridgehead atoms. The van der Waals surface area contributed by atoms with Crippen LogP contribution >= 0.6 is 0 Å². The van der Waals surface area contributed by atoms with Gasteiger partial charge in [-0.15, -0.1) is 0 Å². The third-order valence-electron chi connectivity index (χ3n) is 10.3. The van der Waals surface area contributed by atoms with Gasteiger partial charge in [0.25, 0.3) is 0 Å². The van der Waals surface area contributed by atoms with Gasteiger partial charge < -0.3 is 14.2 Å². The number of hydrogen-bond acceptors (Lipinski definition) is 6. The molecule has 0 spiro atoms. The number of unbranched alkanes of at least 4 members (excludes halogenated alkanes) is 24. The maximum absolute atomic E-state index is 12.7. The van der Waals surface area contributed by atoms with Gasteiger partial charge in [-0.25, -0.2) is 0 Å². The second-order valence-electron chi connectivity index (χ2n) is 16.0. The molecule has 57 heavy (non-hydrogen) atoms. The molecule has 0 aromatic rings. The quantitative estimate of drug-likeness (QED) is 0.0265. The summed E-state index contributed by atoms with van der Waals surface area (Å²) in [6.07, 6.45) is 53.9. The lowest BCUT2D eigenvalue weighted by Crippen LogP contribution is -2.30. The van der Waals surface area contributed by atoms with Crippen LogP contribution in [0.4, 0.5) is 0 Å². The topological polar surface area (TPSA) is 78.9 Å². The van der Waals surface area contributed by atoms with Gasteiger partial charge in [-0.05, 0) is 83.5 Å². The molecular weight excluding hydrogens is 709 g/mol. The van der Waals surface area contributed by atoms with Crippen LogP contribution in [-0.2, 0) is 28.6 Å². The standard InChI is InChI=1S/C51H90O6/c1-4-7-10-13-16-18-20-22-24-25-26-28-29-31-33-35-38-41-44-50(53)56-47-48(46-55-49(52)43-40-37-15-12-9-6-3)57-51(54)45-42-39-36-34-32-30-27-23-21-19-17-14-11-8-5-2/h17-20,23-25,27,48H,4-16,21-22,26,28-47H2,1-3H3/b19-17-,20-18-,25-24-,27-23-. The average molecular weight is 799 g/mol. The number of esters is 3. The molecule has 0 amide bonds. The van der Waals surface area contributed by atoms with Crippen molar-refractivity contribution < 1.29 is 28.6 Å². The lowest BCUT2D eigenvalue weighted by molar-refractivity contribution is -0.167. The van der Waals surface area contributed by atoms with Crippen LogP contribution in [-0.4, -0.2) is 37.2 Å². The van der Waals surface area contributed by atoms with Crippen molar-refractivity contribution in [1.29, 1.82) is 0 Å². The largest absolute Gasteiger partial charge is 0.462 e. The van der Waals surface area contributed by atoms with Crippen LogP contribution in [0.3, 0.4) is 0 Å². The molecule has 0 saturated carbocycles. The van der Waals surface area contributed by atoms with Gasteiger partial charge in [0.05, 0.1) is 0 Å². The van der Waals surface area contributed by atoms with E-state index in [4.69, 9.17) is 14.2 Å². The van der Waals surface area contributed by atoms with Crippen molar-refractivity contribution in [1.82, 2.24) is 0 Å². The Hall–Kier alpha value is -2.63. The third-order valence-corrected chi connectivity index (χ3v) is 10.3. The molecule has 0 heterocycles. The van der Waals surface area contributed by atoms with Crippen LogP contribution in [0.5, 0.6) is 0 Å². The van der Waals surface area contributed by atoms with Crippen molar-refractivity contribution >= 4 is 17.9 Å². The fourth-order valence-corrected chi connectivity index (χ4v) is 6.62. The smallest absolute Gasteiger partial charge is 0.306 e. The molecular formula is C51H90O6. The molecule has 1 unspecified atom stereocenters. The minimum absolute atomic E-state index is 0.0815. The van der Waals surface area contributed by atoms with E-state index < -0.39 is 6.10 Å². The summed E-state index contributed by atoms with van der Waals surface area (Å²) in [5, 5.41) is 0. The lowest BCUT2D eigenvalue weighted by atomic mass is 10.1. The molecule has 6 nitrogen and oxygen atoms in total. The van der Waals surface area contributed by atoms with Crippen LogP contribution in [0.1, 0.15) is 239 Å². The van der Waals surface area contributed by atoms with Crippen molar-refractivity contribution in [3.63, 3.8) is 0 Å². The minimum atomic E-state index is -0.778. The molecule has 0 aliphatic heterocycles. The van der Waals surface area contributed by atoms with Gasteiger partial charge in [-0.3, -0.25) is 14.4 Å². The fraction of sp³-hybridized carbons (Fsp3) is 0.784. The summed E-state index contributed by atoms with van der Waals surface area (Å²) in [6.45, 7) is 6.51. The molecule has 0 N–H and O–H groups in total. The molecule has 0 aromatic heterocycles. The van der Waals surface area contributed by atoms with Crippen molar-refractivity contribution in [2.45, 2.75) is 245 Å². The molecule has 330 valence electrons. The van der Waals surface area contributed by atoms with Crippen LogP contribution in [0.15, 0.2) is 48.6 Å². The summed E-state index contributed by atoms with van der Waals surface area (Å²) in [7, 11) is 0. The molecule has 0 aromatic carbocycles. The van der Waals surface area contributed by atoms with Crippen molar-refractivity contribution in [2.75, 3.05) is 13.2 Å². The first-order chi connectivity index (χ1) is 28.0. The summed E-state index contributed by atoms with van der Waals surface area (Å²) >= 11 is 0. The fourth-order valence-electron chi connectivity index (χ4n) is 6.62. The Bertz CT molecular complexity index is 1010. The summed E-state index contributed by atoms with van der Waals surface area (Å²) in [4.78, 5) is 37.6. The van der Waals surface area contributed by atoms with Gasteiger partial charge >= 0.3 is 17.9 Å². The summed E-state index contributed by atoms with van der Waals surface area (Å²) in [5.74, 6) is -0.911. The zero-order valence-electron chi connectivity index (χ0n) is 37.6. The second-order valence-corrected chi connectivity index (χ2v) is 16.0. The van der Waals surface area contributed by atoms with E-state index in [0.29, 0.717) is 19.3 Å². The summed E-state index contributed by atoms with van der Waals surface area (Å²) < 4.78 is 16.7.